The van der Waals surface area contributed by atoms with E-state index in [-0.39, 0.29) is 11.9 Å². The molecule has 0 aliphatic rings. The number of rotatable bonds is 5. The lowest BCUT2D eigenvalue weighted by Gasteiger charge is -2.17. The zero-order chi connectivity index (χ0) is 13.8. The fourth-order valence-corrected chi connectivity index (χ4v) is 2.14. The summed E-state index contributed by atoms with van der Waals surface area (Å²) in [6, 6.07) is 4.49. The summed E-state index contributed by atoms with van der Waals surface area (Å²) in [4.78, 5) is 4.31. The second kappa shape index (κ2) is 6.17. The van der Waals surface area contributed by atoms with E-state index in [0.717, 1.165) is 18.7 Å². The largest absolute Gasteiger partial charge is 0.340 e. The number of benzene rings is 1. The van der Waals surface area contributed by atoms with Gasteiger partial charge >= 0.3 is 0 Å². The Hall–Kier alpha value is -1.39. The van der Waals surface area contributed by atoms with Crippen molar-refractivity contribution in [1.82, 2.24) is 14.9 Å². The van der Waals surface area contributed by atoms with Crippen molar-refractivity contribution in [3.63, 3.8) is 0 Å². The molecule has 0 bridgehead atoms. The molecule has 1 atom stereocenters. The van der Waals surface area contributed by atoms with E-state index in [1.54, 1.807) is 18.5 Å². The van der Waals surface area contributed by atoms with Crippen LogP contribution in [0.2, 0.25) is 5.02 Å². The minimum Gasteiger partial charge on any atom is -0.340 e. The van der Waals surface area contributed by atoms with Gasteiger partial charge in [0.2, 0.25) is 0 Å². The molecule has 0 aliphatic carbocycles. The molecule has 0 saturated carbocycles. The van der Waals surface area contributed by atoms with Crippen molar-refractivity contribution < 1.29 is 4.39 Å². The molecule has 0 radical (unpaired) electrons. The van der Waals surface area contributed by atoms with Gasteiger partial charge in [0.1, 0.15) is 5.82 Å². The highest BCUT2D eigenvalue weighted by atomic mass is 35.5. The number of aryl methyl sites for hydroxylation is 1. The topological polar surface area (TPSA) is 29.9 Å². The Bertz CT molecular complexity index is 553. The van der Waals surface area contributed by atoms with E-state index >= 15 is 0 Å². The normalized spacial score (nSPS) is 12.6. The fraction of sp³-hybridized carbons (Fsp3) is 0.357. The minimum atomic E-state index is -0.313. The van der Waals surface area contributed by atoms with Gasteiger partial charge in [0.05, 0.1) is 18.1 Å². The molecule has 0 fully saturated rings. The van der Waals surface area contributed by atoms with Crippen LogP contribution in [0.25, 0.3) is 0 Å². The molecule has 5 heteroatoms. The van der Waals surface area contributed by atoms with E-state index in [0.29, 0.717) is 10.6 Å². The van der Waals surface area contributed by atoms with E-state index in [4.69, 9.17) is 11.6 Å². The third-order valence-corrected chi connectivity index (χ3v) is 3.13. The van der Waals surface area contributed by atoms with Gasteiger partial charge in [-0.05, 0) is 25.1 Å². The monoisotopic (exact) mass is 281 g/mol. The Balaban J connectivity index is 2.36. The molecular weight excluding hydrogens is 265 g/mol. The lowest BCUT2D eigenvalue weighted by Crippen LogP contribution is -2.24. The maximum Gasteiger partial charge on any atom is 0.129 e. The minimum absolute atomic E-state index is 0.251. The Labute approximate surface area is 117 Å². The first kappa shape index (κ1) is 14.0. The first-order valence-corrected chi connectivity index (χ1v) is 6.65. The molecule has 19 heavy (non-hydrogen) atoms. The summed E-state index contributed by atoms with van der Waals surface area (Å²) in [5, 5.41) is 3.72. The highest BCUT2D eigenvalue weighted by Crippen LogP contribution is 2.25. The summed E-state index contributed by atoms with van der Waals surface area (Å²) >= 11 is 5.80. The number of imidazole rings is 1. The van der Waals surface area contributed by atoms with Crippen LogP contribution in [0.3, 0.4) is 0 Å². The zero-order valence-electron chi connectivity index (χ0n) is 11.0. The molecule has 102 valence electrons. The fourth-order valence-electron chi connectivity index (χ4n) is 1.98. The average Bonchev–Trinajstić information content (AvgIpc) is 2.78. The Morgan fingerprint density at radius 2 is 2.26 bits per heavy atom. The molecular formula is C14H17ClFN3. The van der Waals surface area contributed by atoms with Gasteiger partial charge in [-0.2, -0.15) is 0 Å². The third-order valence-electron chi connectivity index (χ3n) is 2.89. The molecule has 1 heterocycles. The number of hydrogen-bond acceptors (Lipinski definition) is 2. The van der Waals surface area contributed by atoms with Crippen molar-refractivity contribution >= 4 is 11.6 Å². The summed E-state index contributed by atoms with van der Waals surface area (Å²) in [6.07, 6.45) is 4.57. The van der Waals surface area contributed by atoms with Gasteiger partial charge in [-0.15, -0.1) is 0 Å². The molecule has 0 aliphatic heterocycles. The molecule has 3 nitrogen and oxygen atoms in total. The first-order valence-electron chi connectivity index (χ1n) is 6.28. The van der Waals surface area contributed by atoms with Gasteiger partial charge in [-0.3, -0.25) is 0 Å². The van der Waals surface area contributed by atoms with Gasteiger partial charge in [-0.1, -0.05) is 24.6 Å². The lowest BCUT2D eigenvalue weighted by atomic mass is 10.0. The van der Waals surface area contributed by atoms with Crippen molar-refractivity contribution in [2.75, 3.05) is 6.54 Å². The van der Waals surface area contributed by atoms with E-state index < -0.39 is 0 Å². The van der Waals surface area contributed by atoms with Crippen LogP contribution in [0.4, 0.5) is 4.39 Å². The zero-order valence-corrected chi connectivity index (χ0v) is 11.8. The van der Waals surface area contributed by atoms with E-state index in [1.165, 1.54) is 6.07 Å². The van der Waals surface area contributed by atoms with Crippen molar-refractivity contribution in [2.45, 2.75) is 19.4 Å². The highest BCUT2D eigenvalue weighted by molar-refractivity contribution is 6.30. The van der Waals surface area contributed by atoms with Crippen LogP contribution >= 0.6 is 11.6 Å². The number of aromatic nitrogens is 2. The molecule has 0 amide bonds. The van der Waals surface area contributed by atoms with Crippen LogP contribution in [-0.4, -0.2) is 16.1 Å². The van der Waals surface area contributed by atoms with E-state index in [2.05, 4.69) is 17.2 Å². The van der Waals surface area contributed by atoms with Crippen LogP contribution < -0.4 is 5.32 Å². The predicted octanol–water partition coefficient (Wildman–Crippen LogP) is 3.30. The molecule has 1 unspecified atom stereocenters. The van der Waals surface area contributed by atoms with E-state index in [1.807, 2.05) is 17.8 Å². The molecule has 0 saturated heterocycles. The second-order valence-electron chi connectivity index (χ2n) is 4.52. The van der Waals surface area contributed by atoms with Crippen LogP contribution in [0.15, 0.2) is 30.7 Å². The van der Waals surface area contributed by atoms with Crippen molar-refractivity contribution in [3.05, 3.63) is 52.8 Å². The summed E-state index contributed by atoms with van der Waals surface area (Å²) in [6.45, 7) is 2.87. The first-order chi connectivity index (χ1) is 9.11. The number of hydrogen-bond donors (Lipinski definition) is 1. The van der Waals surface area contributed by atoms with Crippen molar-refractivity contribution in [3.8, 4) is 0 Å². The third kappa shape index (κ3) is 3.33. The Morgan fingerprint density at radius 1 is 1.47 bits per heavy atom. The Morgan fingerprint density at radius 3 is 2.84 bits per heavy atom. The van der Waals surface area contributed by atoms with Crippen molar-refractivity contribution in [1.29, 1.82) is 0 Å². The second-order valence-corrected chi connectivity index (χ2v) is 4.95. The van der Waals surface area contributed by atoms with Crippen LogP contribution in [0.1, 0.15) is 30.6 Å². The molecule has 1 N–H and O–H groups in total. The summed E-state index contributed by atoms with van der Waals surface area (Å²) in [5.41, 5.74) is 1.37. The summed E-state index contributed by atoms with van der Waals surface area (Å²) < 4.78 is 15.9. The van der Waals surface area contributed by atoms with Crippen LogP contribution in [0, 0.1) is 5.82 Å². The number of nitrogens with one attached hydrogen (secondary N) is 1. The number of nitrogens with zero attached hydrogens (tertiary/aromatic N) is 2. The standard InChI is InChI=1S/C14H17ClFN3/c1-3-6-17-14(13-8-19(2)9-18-13)11-5-4-10(15)7-12(11)16/h4-5,7-9,14,17H,3,6H2,1-2H3. The molecule has 1 aromatic heterocycles. The average molecular weight is 282 g/mol. The molecule has 2 rings (SSSR count). The van der Waals surface area contributed by atoms with E-state index in [9.17, 15) is 4.39 Å². The van der Waals surface area contributed by atoms with Crippen LogP contribution in [0.5, 0.6) is 0 Å². The van der Waals surface area contributed by atoms with Crippen LogP contribution in [-0.2, 0) is 7.05 Å². The smallest absolute Gasteiger partial charge is 0.129 e. The quantitative estimate of drug-likeness (QED) is 0.911. The predicted molar refractivity (Wildman–Crippen MR) is 74.8 cm³/mol. The summed E-state index contributed by atoms with van der Waals surface area (Å²) in [5.74, 6) is -0.313. The van der Waals surface area contributed by atoms with Crippen molar-refractivity contribution in [2.24, 2.45) is 7.05 Å². The molecule has 1 aromatic carbocycles. The number of halogens is 2. The van der Waals surface area contributed by atoms with Gasteiger partial charge in [0.25, 0.3) is 0 Å². The SMILES string of the molecule is CCCNC(c1cn(C)cn1)c1ccc(Cl)cc1F. The van der Waals surface area contributed by atoms with Gasteiger partial charge in [-0.25, -0.2) is 9.37 Å². The maximum absolute atomic E-state index is 14.1. The van der Waals surface area contributed by atoms with Gasteiger partial charge in [0.15, 0.2) is 0 Å². The summed E-state index contributed by atoms with van der Waals surface area (Å²) in [7, 11) is 1.89. The molecule has 0 spiro atoms. The van der Waals surface area contributed by atoms with Gasteiger partial charge in [0, 0.05) is 23.8 Å². The highest BCUT2D eigenvalue weighted by Gasteiger charge is 2.19. The molecule has 2 aromatic rings. The Kier molecular flexibility index (Phi) is 4.56. The van der Waals surface area contributed by atoms with Gasteiger partial charge < -0.3 is 9.88 Å². The maximum atomic E-state index is 14.1. The lowest BCUT2D eigenvalue weighted by molar-refractivity contribution is 0.540.